The van der Waals surface area contributed by atoms with E-state index in [-0.39, 0.29) is 35.4 Å². The number of aliphatic hydroxyl groups is 1. The van der Waals surface area contributed by atoms with Crippen LogP contribution in [0.15, 0.2) is 35.0 Å². The Labute approximate surface area is 247 Å². The predicted octanol–water partition coefficient (Wildman–Crippen LogP) is 4.00. The number of nitrogens with one attached hydrogen (secondary N) is 1. The van der Waals surface area contributed by atoms with Crippen molar-refractivity contribution in [2.45, 2.75) is 83.3 Å². The number of phenolic OH excluding ortho intramolecular Hbond substituents is 2. The van der Waals surface area contributed by atoms with Crippen LogP contribution in [-0.2, 0) is 25.6 Å². The smallest absolute Gasteiger partial charge is 0.328 e. The lowest BCUT2D eigenvalue weighted by molar-refractivity contribution is -0.145. The zero-order valence-electron chi connectivity index (χ0n) is 24.7. The van der Waals surface area contributed by atoms with Crippen LogP contribution in [0.5, 0.6) is 11.5 Å². The highest BCUT2D eigenvalue weighted by molar-refractivity contribution is 5.96. The number of methoxy groups -OCH3 is 1. The van der Waals surface area contributed by atoms with Crippen LogP contribution in [0.4, 0.5) is 0 Å². The normalized spacial score (nSPS) is 35.1. The van der Waals surface area contributed by atoms with Gasteiger partial charge in [-0.15, -0.1) is 6.42 Å². The number of amides is 1. The summed E-state index contributed by atoms with van der Waals surface area (Å²) < 4.78 is 4.82. The second-order valence-corrected chi connectivity index (χ2v) is 13.0. The van der Waals surface area contributed by atoms with E-state index in [2.05, 4.69) is 36.3 Å². The summed E-state index contributed by atoms with van der Waals surface area (Å²) in [5.41, 5.74) is 1.60. The maximum Gasteiger partial charge on any atom is 0.328 e. The maximum atomic E-state index is 12.6. The summed E-state index contributed by atoms with van der Waals surface area (Å²) in [5, 5.41) is 37.4. The number of terminal acetylenes is 1. The quantitative estimate of drug-likeness (QED) is 0.166. The van der Waals surface area contributed by atoms with Gasteiger partial charge >= 0.3 is 5.97 Å². The van der Waals surface area contributed by atoms with E-state index in [0.29, 0.717) is 29.7 Å². The van der Waals surface area contributed by atoms with Crippen LogP contribution < -0.4 is 5.32 Å². The zero-order chi connectivity index (χ0) is 30.3. The average Bonchev–Trinajstić information content (AvgIpc) is 3.25. The van der Waals surface area contributed by atoms with Crippen molar-refractivity contribution in [2.75, 3.05) is 13.7 Å². The number of fused-ring (bicyclic) bond motifs is 5. The highest BCUT2D eigenvalue weighted by Gasteiger charge is 2.63. The van der Waals surface area contributed by atoms with Crippen molar-refractivity contribution < 1.29 is 34.5 Å². The van der Waals surface area contributed by atoms with Gasteiger partial charge in [0, 0.05) is 11.8 Å². The van der Waals surface area contributed by atoms with Crippen LogP contribution in [0.1, 0.15) is 70.8 Å². The molecule has 226 valence electrons. The number of rotatable bonds is 7. The Morgan fingerprint density at radius 3 is 2.60 bits per heavy atom. The van der Waals surface area contributed by atoms with Gasteiger partial charge in [0.1, 0.15) is 11.6 Å². The molecule has 3 fully saturated rings. The van der Waals surface area contributed by atoms with E-state index in [1.165, 1.54) is 24.8 Å². The lowest BCUT2D eigenvalue weighted by Gasteiger charge is -2.58. The molecule has 0 spiro atoms. The van der Waals surface area contributed by atoms with Gasteiger partial charge in [0.15, 0.2) is 18.1 Å². The Morgan fingerprint density at radius 1 is 1.12 bits per heavy atom. The molecule has 1 aromatic rings. The minimum absolute atomic E-state index is 0.0651. The highest BCUT2D eigenvalue weighted by atomic mass is 16.6. The predicted molar refractivity (Wildman–Crippen MR) is 156 cm³/mol. The van der Waals surface area contributed by atoms with Crippen molar-refractivity contribution in [1.82, 2.24) is 5.32 Å². The van der Waals surface area contributed by atoms with Crippen molar-refractivity contribution >= 4 is 17.6 Å². The van der Waals surface area contributed by atoms with E-state index < -0.39 is 23.5 Å². The number of phenols is 2. The number of oxime groups is 1. The molecule has 5 rings (SSSR count). The van der Waals surface area contributed by atoms with Crippen molar-refractivity contribution in [3.63, 3.8) is 0 Å². The number of allylic oxidation sites excluding steroid dienone is 2. The first kappa shape index (κ1) is 30.0. The first-order valence-corrected chi connectivity index (χ1v) is 14.9. The van der Waals surface area contributed by atoms with Crippen molar-refractivity contribution in [3.8, 4) is 23.8 Å². The lowest BCUT2D eigenvalue weighted by Crippen LogP contribution is -2.54. The van der Waals surface area contributed by atoms with E-state index in [1.54, 1.807) is 6.07 Å². The SMILES string of the molecule is C#C[C@@]1(O)CC[C@@H]2[C@@H]3CCC4=C/C(=N/OCC(=O)N[C@H](Cc5ccc(O)c(O)c5)C(=O)OC)CC[C@]4(C)[C@H]3CC[C@@]21C. The summed E-state index contributed by atoms with van der Waals surface area (Å²) in [6, 6.07) is 3.20. The molecule has 0 bridgehead atoms. The van der Waals surface area contributed by atoms with E-state index in [0.717, 1.165) is 50.7 Å². The van der Waals surface area contributed by atoms with Gasteiger partial charge in [-0.3, -0.25) is 4.79 Å². The molecule has 4 aliphatic rings. The van der Waals surface area contributed by atoms with Gasteiger partial charge in [-0.05, 0) is 98.3 Å². The number of nitrogens with zero attached hydrogens (tertiary/aromatic N) is 1. The molecular weight excluding hydrogens is 536 g/mol. The van der Waals surface area contributed by atoms with Crippen LogP contribution in [0.2, 0.25) is 0 Å². The second-order valence-electron chi connectivity index (χ2n) is 13.0. The zero-order valence-corrected chi connectivity index (χ0v) is 24.7. The Hall–Kier alpha value is -3.51. The summed E-state index contributed by atoms with van der Waals surface area (Å²) in [4.78, 5) is 30.3. The highest BCUT2D eigenvalue weighted by Crippen LogP contribution is 2.67. The Kier molecular flexibility index (Phi) is 8.06. The minimum atomic E-state index is -0.999. The lowest BCUT2D eigenvalue weighted by atomic mass is 9.46. The standard InChI is InChI=1S/C33H42N2O7/c1-5-33(40)15-12-25-23-8-7-21-18-22(10-13-31(21,2)24(23)11-14-32(25,33)3)35-42-19-29(38)34-26(30(39)41-4)16-20-6-9-27(36)28(37)17-20/h1,6,9,17-18,23-26,36-37,40H,7-8,10-16,19H2,2-4H3,(H,34,38)/b35-22+/t23-,24+,25-,26-,31+,32+,33-/m1/s1. The molecule has 0 heterocycles. The summed E-state index contributed by atoms with van der Waals surface area (Å²) >= 11 is 0. The maximum absolute atomic E-state index is 12.6. The van der Waals surface area contributed by atoms with Crippen molar-refractivity contribution in [3.05, 3.63) is 35.4 Å². The van der Waals surface area contributed by atoms with E-state index in [1.807, 2.05) is 0 Å². The molecule has 0 radical (unpaired) electrons. The molecule has 0 aromatic heterocycles. The third-order valence-corrected chi connectivity index (χ3v) is 11.0. The van der Waals surface area contributed by atoms with Gasteiger partial charge in [-0.1, -0.05) is 36.6 Å². The van der Waals surface area contributed by atoms with Gasteiger partial charge in [0.25, 0.3) is 5.91 Å². The Bertz CT molecular complexity index is 1350. The van der Waals surface area contributed by atoms with Gasteiger partial charge < -0.3 is 30.2 Å². The number of aromatic hydroxyl groups is 2. The number of carbonyl (C=O) groups excluding carboxylic acids is 2. The molecule has 1 aromatic carbocycles. The van der Waals surface area contributed by atoms with Gasteiger partial charge in [-0.2, -0.15) is 0 Å². The van der Waals surface area contributed by atoms with Crippen LogP contribution in [-0.4, -0.2) is 58.3 Å². The molecular formula is C33H42N2O7. The van der Waals surface area contributed by atoms with Crippen LogP contribution in [0.25, 0.3) is 0 Å². The molecule has 42 heavy (non-hydrogen) atoms. The van der Waals surface area contributed by atoms with Crippen LogP contribution in [0, 0.1) is 40.9 Å². The number of ether oxygens (including phenoxy) is 1. The largest absolute Gasteiger partial charge is 0.504 e. The van der Waals surface area contributed by atoms with Crippen molar-refractivity contribution in [1.29, 1.82) is 0 Å². The molecule has 9 heteroatoms. The fourth-order valence-electron chi connectivity index (χ4n) is 8.57. The number of hydrogen-bond acceptors (Lipinski definition) is 8. The fourth-order valence-corrected chi connectivity index (χ4v) is 8.57. The summed E-state index contributed by atoms with van der Waals surface area (Å²) in [5.74, 6) is 2.55. The van der Waals surface area contributed by atoms with Gasteiger partial charge in [0.05, 0.1) is 12.8 Å². The monoisotopic (exact) mass is 578 g/mol. The second kappa shape index (κ2) is 11.3. The molecule has 0 aliphatic heterocycles. The molecule has 0 unspecified atom stereocenters. The summed E-state index contributed by atoms with van der Waals surface area (Å²) in [6.07, 6.45) is 15.5. The fraction of sp³-hybridized carbons (Fsp3) is 0.606. The first-order valence-electron chi connectivity index (χ1n) is 14.9. The number of hydrogen-bond donors (Lipinski definition) is 4. The molecule has 9 nitrogen and oxygen atoms in total. The van der Waals surface area contributed by atoms with E-state index >= 15 is 0 Å². The summed E-state index contributed by atoms with van der Waals surface area (Å²) in [6.45, 7) is 4.23. The van der Waals surface area contributed by atoms with E-state index in [4.69, 9.17) is 16.0 Å². The van der Waals surface area contributed by atoms with Gasteiger partial charge in [-0.25, -0.2) is 4.79 Å². The third-order valence-electron chi connectivity index (χ3n) is 11.0. The molecule has 4 aliphatic carbocycles. The third kappa shape index (κ3) is 5.15. The average molecular weight is 579 g/mol. The number of carbonyl (C=O) groups is 2. The van der Waals surface area contributed by atoms with E-state index in [9.17, 15) is 24.9 Å². The number of esters is 1. The van der Waals surface area contributed by atoms with Crippen molar-refractivity contribution in [2.24, 2.45) is 33.7 Å². The topological polar surface area (TPSA) is 138 Å². The first-order chi connectivity index (χ1) is 19.9. The van der Waals surface area contributed by atoms with Crippen LogP contribution >= 0.6 is 0 Å². The summed E-state index contributed by atoms with van der Waals surface area (Å²) in [7, 11) is 1.23. The van der Waals surface area contributed by atoms with Crippen LogP contribution in [0.3, 0.4) is 0 Å². The molecule has 4 N–H and O–H groups in total. The Balaban J connectivity index is 1.20. The molecule has 0 saturated heterocycles. The van der Waals surface area contributed by atoms with Gasteiger partial charge in [0.2, 0.25) is 0 Å². The molecule has 3 saturated carbocycles. The molecule has 1 amide bonds. The number of benzene rings is 1. The Morgan fingerprint density at radius 2 is 1.88 bits per heavy atom. The minimum Gasteiger partial charge on any atom is -0.504 e. The molecule has 7 atom stereocenters.